The minimum atomic E-state index is 0.141. The normalized spacial score (nSPS) is 17.1. The fraction of sp³-hybridized carbons (Fsp3) is 0.500. The van der Waals surface area contributed by atoms with E-state index in [1.807, 2.05) is 0 Å². The van der Waals surface area contributed by atoms with Gasteiger partial charge in [-0.05, 0) is 41.0 Å². The van der Waals surface area contributed by atoms with E-state index in [2.05, 4.69) is 61.6 Å². The Balaban J connectivity index is 1.94. The summed E-state index contributed by atoms with van der Waals surface area (Å²) in [7, 11) is 0. The third-order valence-electron chi connectivity index (χ3n) is 5.19. The number of hydrogen-bond donors (Lipinski definition) is 1. The zero-order valence-electron chi connectivity index (χ0n) is 14.9. The van der Waals surface area contributed by atoms with E-state index in [4.69, 9.17) is 0 Å². The van der Waals surface area contributed by atoms with E-state index in [1.165, 1.54) is 48.4 Å². The maximum absolute atomic E-state index is 12.5. The minimum Gasteiger partial charge on any atom is -0.349 e. The van der Waals surface area contributed by atoms with Crippen LogP contribution in [0.15, 0.2) is 42.5 Å². The zero-order chi connectivity index (χ0) is 16.9. The number of fused-ring (bicyclic) bond motifs is 1. The van der Waals surface area contributed by atoms with Crippen LogP contribution in [0.4, 0.5) is 0 Å². The van der Waals surface area contributed by atoms with E-state index in [1.54, 1.807) is 0 Å². The molecule has 1 atom stereocenters. The first-order chi connectivity index (χ1) is 11.6. The third kappa shape index (κ3) is 3.98. The summed E-state index contributed by atoms with van der Waals surface area (Å²) in [6.07, 6.45) is 6.94. The van der Waals surface area contributed by atoms with Crippen molar-refractivity contribution in [3.8, 4) is 0 Å². The number of nitrogens with one attached hydrogen (secondary N) is 1. The standard InChI is InChI=1S/C22H29NO/c1-16(2)15-21(24)23-22(18-10-4-3-5-11-18)20-14-8-12-17-9-6-7-13-19(17)20/h6-9,12-14,16,18,22H,3-5,10-11,15H2,1-2H3,(H,23,24). The van der Waals surface area contributed by atoms with Crippen molar-refractivity contribution in [1.82, 2.24) is 5.32 Å². The summed E-state index contributed by atoms with van der Waals surface area (Å²) >= 11 is 0. The summed E-state index contributed by atoms with van der Waals surface area (Å²) in [5.41, 5.74) is 1.29. The van der Waals surface area contributed by atoms with Crippen molar-refractivity contribution in [3.05, 3.63) is 48.0 Å². The summed E-state index contributed by atoms with van der Waals surface area (Å²) in [5, 5.41) is 5.92. The SMILES string of the molecule is CC(C)CC(=O)NC(c1cccc2ccccc12)C1CCCCC1. The molecule has 1 N–H and O–H groups in total. The Morgan fingerprint density at radius 3 is 2.50 bits per heavy atom. The van der Waals surface area contributed by atoms with Gasteiger partial charge in [-0.15, -0.1) is 0 Å². The Morgan fingerprint density at radius 2 is 1.75 bits per heavy atom. The van der Waals surface area contributed by atoms with Gasteiger partial charge in [-0.3, -0.25) is 4.79 Å². The van der Waals surface area contributed by atoms with Crippen molar-refractivity contribution >= 4 is 16.7 Å². The molecule has 1 aliphatic carbocycles. The van der Waals surface area contributed by atoms with Gasteiger partial charge in [-0.1, -0.05) is 75.6 Å². The monoisotopic (exact) mass is 323 g/mol. The second-order valence-corrected chi connectivity index (χ2v) is 7.61. The van der Waals surface area contributed by atoms with Crippen LogP contribution in [0.2, 0.25) is 0 Å². The van der Waals surface area contributed by atoms with E-state index in [0.717, 1.165) is 0 Å². The molecular weight excluding hydrogens is 294 g/mol. The Bertz CT molecular complexity index is 680. The van der Waals surface area contributed by atoms with E-state index >= 15 is 0 Å². The largest absolute Gasteiger partial charge is 0.349 e. The quantitative estimate of drug-likeness (QED) is 0.760. The Kier molecular flexibility index (Phi) is 5.55. The van der Waals surface area contributed by atoms with Gasteiger partial charge in [-0.25, -0.2) is 0 Å². The number of carbonyl (C=O) groups excluding carboxylic acids is 1. The average Bonchev–Trinajstić information content (AvgIpc) is 2.59. The van der Waals surface area contributed by atoms with Gasteiger partial charge in [0.05, 0.1) is 6.04 Å². The van der Waals surface area contributed by atoms with Gasteiger partial charge in [0.2, 0.25) is 5.91 Å². The molecule has 0 radical (unpaired) electrons. The third-order valence-corrected chi connectivity index (χ3v) is 5.19. The summed E-state index contributed by atoms with van der Waals surface area (Å²) in [5.74, 6) is 1.14. The van der Waals surface area contributed by atoms with Crippen LogP contribution in [0, 0.1) is 11.8 Å². The van der Waals surface area contributed by atoms with Gasteiger partial charge in [0.15, 0.2) is 0 Å². The predicted molar refractivity (Wildman–Crippen MR) is 101 cm³/mol. The number of benzene rings is 2. The molecule has 0 saturated heterocycles. The molecule has 2 nitrogen and oxygen atoms in total. The smallest absolute Gasteiger partial charge is 0.220 e. The van der Waals surface area contributed by atoms with Crippen molar-refractivity contribution in [2.24, 2.45) is 11.8 Å². The molecule has 0 aromatic heterocycles. The molecule has 1 amide bonds. The lowest BCUT2D eigenvalue weighted by Gasteiger charge is -2.32. The number of rotatable bonds is 5. The summed E-state index contributed by atoms with van der Waals surface area (Å²) in [6.45, 7) is 4.21. The van der Waals surface area contributed by atoms with E-state index in [9.17, 15) is 4.79 Å². The lowest BCUT2D eigenvalue weighted by molar-refractivity contribution is -0.123. The van der Waals surface area contributed by atoms with Crippen molar-refractivity contribution in [1.29, 1.82) is 0 Å². The second kappa shape index (κ2) is 7.83. The molecule has 128 valence electrons. The van der Waals surface area contributed by atoms with E-state index < -0.39 is 0 Å². The van der Waals surface area contributed by atoms with Gasteiger partial charge in [-0.2, -0.15) is 0 Å². The van der Waals surface area contributed by atoms with Gasteiger partial charge in [0.25, 0.3) is 0 Å². The van der Waals surface area contributed by atoms with E-state index in [-0.39, 0.29) is 11.9 Å². The van der Waals surface area contributed by atoms with Crippen LogP contribution in [0.3, 0.4) is 0 Å². The highest BCUT2D eigenvalue weighted by Crippen LogP contribution is 2.37. The zero-order valence-corrected chi connectivity index (χ0v) is 14.9. The molecule has 1 fully saturated rings. The molecule has 2 aromatic carbocycles. The molecule has 2 aromatic rings. The molecule has 1 aliphatic rings. The number of hydrogen-bond acceptors (Lipinski definition) is 1. The first kappa shape index (κ1) is 17.0. The number of carbonyl (C=O) groups is 1. The van der Waals surface area contributed by atoms with Gasteiger partial charge >= 0.3 is 0 Å². The Morgan fingerprint density at radius 1 is 1.04 bits per heavy atom. The molecule has 2 heteroatoms. The van der Waals surface area contributed by atoms with Crippen molar-refractivity contribution in [3.63, 3.8) is 0 Å². The lowest BCUT2D eigenvalue weighted by Crippen LogP contribution is -2.35. The van der Waals surface area contributed by atoms with Gasteiger partial charge in [0.1, 0.15) is 0 Å². The van der Waals surface area contributed by atoms with Crippen molar-refractivity contribution < 1.29 is 4.79 Å². The Hall–Kier alpha value is -1.83. The highest BCUT2D eigenvalue weighted by molar-refractivity contribution is 5.87. The molecule has 0 bridgehead atoms. The van der Waals surface area contributed by atoms with Crippen molar-refractivity contribution in [2.45, 2.75) is 58.4 Å². The summed E-state index contributed by atoms with van der Waals surface area (Å²) in [4.78, 5) is 12.5. The predicted octanol–water partition coefficient (Wildman–Crippen LogP) is 5.62. The van der Waals surface area contributed by atoms with E-state index in [0.29, 0.717) is 18.3 Å². The molecule has 0 heterocycles. The Labute approximate surface area is 145 Å². The maximum atomic E-state index is 12.5. The van der Waals surface area contributed by atoms with Crippen LogP contribution >= 0.6 is 0 Å². The van der Waals surface area contributed by atoms with Gasteiger partial charge in [0, 0.05) is 6.42 Å². The molecule has 1 unspecified atom stereocenters. The highest BCUT2D eigenvalue weighted by Gasteiger charge is 2.27. The summed E-state index contributed by atoms with van der Waals surface area (Å²) < 4.78 is 0. The maximum Gasteiger partial charge on any atom is 0.220 e. The molecule has 0 spiro atoms. The van der Waals surface area contributed by atoms with Crippen LogP contribution in [0.1, 0.15) is 64.0 Å². The fourth-order valence-corrected chi connectivity index (χ4v) is 4.04. The highest BCUT2D eigenvalue weighted by atomic mass is 16.1. The van der Waals surface area contributed by atoms with Crippen LogP contribution in [0.5, 0.6) is 0 Å². The van der Waals surface area contributed by atoms with Crippen molar-refractivity contribution in [2.75, 3.05) is 0 Å². The van der Waals surface area contributed by atoms with Crippen LogP contribution in [0.25, 0.3) is 10.8 Å². The topological polar surface area (TPSA) is 29.1 Å². The first-order valence-corrected chi connectivity index (χ1v) is 9.42. The minimum absolute atomic E-state index is 0.141. The van der Waals surface area contributed by atoms with Crippen LogP contribution < -0.4 is 5.32 Å². The van der Waals surface area contributed by atoms with Gasteiger partial charge < -0.3 is 5.32 Å². The average molecular weight is 323 g/mol. The van der Waals surface area contributed by atoms with Crippen LogP contribution in [-0.2, 0) is 4.79 Å². The first-order valence-electron chi connectivity index (χ1n) is 9.42. The fourth-order valence-electron chi connectivity index (χ4n) is 4.04. The second-order valence-electron chi connectivity index (χ2n) is 7.61. The lowest BCUT2D eigenvalue weighted by atomic mass is 9.80. The molecule has 0 aliphatic heterocycles. The van der Waals surface area contributed by atoms with Crippen LogP contribution in [-0.4, -0.2) is 5.91 Å². The number of amides is 1. The molecule has 24 heavy (non-hydrogen) atoms. The summed E-state index contributed by atoms with van der Waals surface area (Å²) in [6, 6.07) is 15.2. The molecule has 3 rings (SSSR count). The molecular formula is C22H29NO. The molecule has 1 saturated carbocycles.